The molecule has 0 atom stereocenters. The minimum Gasteiger partial charge on any atom is -0.370 e. The number of H-pyrrole nitrogens is 1. The normalized spacial score (nSPS) is 14.0. The van der Waals surface area contributed by atoms with Gasteiger partial charge >= 0.3 is 0 Å². The molecule has 2 aromatic carbocycles. The van der Waals surface area contributed by atoms with Gasteiger partial charge in [-0.2, -0.15) is 0 Å². The highest BCUT2D eigenvalue weighted by Gasteiger charge is 2.42. The van der Waals surface area contributed by atoms with E-state index in [4.69, 9.17) is 0 Å². The van der Waals surface area contributed by atoms with E-state index >= 15 is 0 Å². The summed E-state index contributed by atoms with van der Waals surface area (Å²) in [6.45, 7) is 4.31. The summed E-state index contributed by atoms with van der Waals surface area (Å²) in [4.78, 5) is 43.0. The van der Waals surface area contributed by atoms with E-state index in [-0.39, 0.29) is 34.8 Å². The molecule has 0 saturated heterocycles. The summed E-state index contributed by atoms with van der Waals surface area (Å²) in [5.74, 6) is -0.844. The third-order valence-electron chi connectivity index (χ3n) is 5.52. The molecule has 0 bridgehead atoms. The molecular formula is C24H24N4O3. The number of aromatic nitrogens is 2. The number of nitrogens with zero attached hydrogens (tertiary/aromatic N) is 3. The number of para-hydroxylation sites is 1. The van der Waals surface area contributed by atoms with Gasteiger partial charge in [-0.3, -0.25) is 24.4 Å². The molecule has 1 aliphatic rings. The monoisotopic (exact) mass is 416 g/mol. The molecule has 4 rings (SSSR count). The second kappa shape index (κ2) is 8.10. The number of amides is 2. The van der Waals surface area contributed by atoms with E-state index in [1.807, 2.05) is 55.5 Å². The number of carbonyl (C=O) groups is 2. The predicted octanol–water partition coefficient (Wildman–Crippen LogP) is 2.71. The van der Waals surface area contributed by atoms with Gasteiger partial charge in [-0.15, -0.1) is 0 Å². The summed E-state index contributed by atoms with van der Waals surface area (Å²) in [7, 11) is 1.75. The zero-order valence-electron chi connectivity index (χ0n) is 17.8. The van der Waals surface area contributed by atoms with Crippen LogP contribution in [0.3, 0.4) is 0 Å². The van der Waals surface area contributed by atoms with Crippen molar-refractivity contribution in [1.82, 2.24) is 19.6 Å². The third-order valence-corrected chi connectivity index (χ3v) is 5.52. The zero-order chi connectivity index (χ0) is 22.1. The lowest BCUT2D eigenvalue weighted by Crippen LogP contribution is -2.33. The van der Waals surface area contributed by atoms with Gasteiger partial charge in [0.25, 0.3) is 17.4 Å². The van der Waals surface area contributed by atoms with Crippen molar-refractivity contribution in [3.05, 3.63) is 93.5 Å². The molecule has 7 nitrogen and oxygen atoms in total. The van der Waals surface area contributed by atoms with Crippen molar-refractivity contribution in [2.24, 2.45) is 0 Å². The number of imide groups is 1. The van der Waals surface area contributed by atoms with Crippen LogP contribution in [0.5, 0.6) is 0 Å². The van der Waals surface area contributed by atoms with Crippen LogP contribution in [0.15, 0.2) is 71.2 Å². The Morgan fingerprint density at radius 2 is 1.52 bits per heavy atom. The van der Waals surface area contributed by atoms with Crippen molar-refractivity contribution >= 4 is 17.4 Å². The van der Waals surface area contributed by atoms with Gasteiger partial charge in [0.15, 0.2) is 0 Å². The van der Waals surface area contributed by atoms with Gasteiger partial charge in [-0.1, -0.05) is 48.5 Å². The minimum absolute atomic E-state index is 0.152. The molecule has 1 aliphatic heterocycles. The molecule has 0 spiro atoms. The van der Waals surface area contributed by atoms with E-state index in [9.17, 15) is 14.4 Å². The van der Waals surface area contributed by atoms with E-state index in [0.717, 1.165) is 5.56 Å². The molecule has 0 aliphatic carbocycles. The Kier molecular flexibility index (Phi) is 5.33. The fourth-order valence-electron chi connectivity index (χ4n) is 3.81. The van der Waals surface area contributed by atoms with Crippen LogP contribution >= 0.6 is 0 Å². The van der Waals surface area contributed by atoms with Crippen LogP contribution < -0.4 is 5.56 Å². The van der Waals surface area contributed by atoms with Crippen LogP contribution in [0.4, 0.5) is 0 Å². The van der Waals surface area contributed by atoms with E-state index < -0.39 is 5.91 Å². The summed E-state index contributed by atoms with van der Waals surface area (Å²) in [5.41, 5.74) is 2.31. The van der Waals surface area contributed by atoms with Gasteiger partial charge in [0, 0.05) is 19.3 Å². The SMILES string of the molecule is CCN(C)C1=C(c2c(C)[nH]n(-c3ccccc3)c2=O)C(=O)N(Cc2ccccc2)C1=O. The molecule has 7 heteroatoms. The number of likely N-dealkylation sites (N-methyl/N-ethyl adjacent to an activating group) is 1. The average Bonchev–Trinajstić information content (AvgIpc) is 3.21. The standard InChI is InChI=1S/C24H24N4O3/c1-4-26(3)21-20(22(29)27(24(21)31)15-17-11-7-5-8-12-17)19-16(2)25-28(23(19)30)18-13-9-6-10-14-18/h5-14,25H,4,15H2,1-3H3. The number of rotatable bonds is 6. The van der Waals surface area contributed by atoms with Crippen molar-refractivity contribution in [2.45, 2.75) is 20.4 Å². The molecule has 3 aromatic rings. The summed E-state index contributed by atoms with van der Waals surface area (Å²) in [5, 5.41) is 3.05. The van der Waals surface area contributed by atoms with Crippen molar-refractivity contribution in [2.75, 3.05) is 13.6 Å². The molecule has 0 fully saturated rings. The first-order valence-corrected chi connectivity index (χ1v) is 10.2. The molecule has 31 heavy (non-hydrogen) atoms. The lowest BCUT2D eigenvalue weighted by molar-refractivity contribution is -0.138. The molecule has 2 amide bonds. The number of hydrogen-bond donors (Lipinski definition) is 1. The lowest BCUT2D eigenvalue weighted by atomic mass is 10.1. The number of hydrogen-bond acceptors (Lipinski definition) is 4. The van der Waals surface area contributed by atoms with Crippen molar-refractivity contribution in [3.63, 3.8) is 0 Å². The minimum atomic E-state index is -0.455. The van der Waals surface area contributed by atoms with Crippen LogP contribution in [0, 0.1) is 6.92 Å². The Morgan fingerprint density at radius 3 is 2.13 bits per heavy atom. The highest BCUT2D eigenvalue weighted by atomic mass is 16.2. The maximum Gasteiger partial charge on any atom is 0.279 e. The first-order chi connectivity index (χ1) is 14.9. The fraction of sp³-hybridized carbons (Fsp3) is 0.208. The van der Waals surface area contributed by atoms with Gasteiger partial charge in [0.2, 0.25) is 0 Å². The lowest BCUT2D eigenvalue weighted by Gasteiger charge is -2.19. The predicted molar refractivity (Wildman–Crippen MR) is 118 cm³/mol. The van der Waals surface area contributed by atoms with E-state index in [1.54, 1.807) is 31.0 Å². The second-order valence-corrected chi connectivity index (χ2v) is 7.51. The third kappa shape index (κ3) is 3.48. The maximum absolute atomic E-state index is 13.5. The number of carbonyl (C=O) groups excluding carboxylic acids is 2. The van der Waals surface area contributed by atoms with E-state index in [1.165, 1.54) is 9.58 Å². The van der Waals surface area contributed by atoms with Gasteiger partial charge in [0.1, 0.15) is 5.70 Å². The highest BCUT2D eigenvalue weighted by Crippen LogP contribution is 2.32. The molecule has 0 unspecified atom stereocenters. The topological polar surface area (TPSA) is 78.4 Å². The molecule has 2 heterocycles. The van der Waals surface area contributed by atoms with Gasteiger partial charge in [-0.25, -0.2) is 4.68 Å². The second-order valence-electron chi connectivity index (χ2n) is 7.51. The first kappa shape index (κ1) is 20.4. The molecule has 1 N–H and O–H groups in total. The molecule has 1 aromatic heterocycles. The first-order valence-electron chi connectivity index (χ1n) is 10.2. The summed E-state index contributed by atoms with van der Waals surface area (Å²) >= 11 is 0. The smallest absolute Gasteiger partial charge is 0.279 e. The average molecular weight is 416 g/mol. The van der Waals surface area contributed by atoms with Crippen molar-refractivity contribution in [3.8, 4) is 5.69 Å². The molecule has 0 radical (unpaired) electrons. The zero-order valence-corrected chi connectivity index (χ0v) is 17.8. The van der Waals surface area contributed by atoms with Crippen LogP contribution in [-0.2, 0) is 16.1 Å². The van der Waals surface area contributed by atoms with Crippen molar-refractivity contribution in [1.29, 1.82) is 0 Å². The maximum atomic E-state index is 13.5. The molecular weight excluding hydrogens is 392 g/mol. The van der Waals surface area contributed by atoms with Crippen LogP contribution in [-0.4, -0.2) is 45.0 Å². The molecule has 158 valence electrons. The number of nitrogens with one attached hydrogen (secondary N) is 1. The van der Waals surface area contributed by atoms with Crippen LogP contribution in [0.25, 0.3) is 11.3 Å². The van der Waals surface area contributed by atoms with Gasteiger partial charge < -0.3 is 4.90 Å². The Labute approximate surface area is 180 Å². The quantitative estimate of drug-likeness (QED) is 0.627. The summed E-state index contributed by atoms with van der Waals surface area (Å²) < 4.78 is 1.40. The Bertz CT molecular complexity index is 1220. The number of aromatic amines is 1. The Morgan fingerprint density at radius 1 is 0.903 bits per heavy atom. The Hall–Kier alpha value is -3.87. The largest absolute Gasteiger partial charge is 0.370 e. The van der Waals surface area contributed by atoms with Gasteiger partial charge in [0.05, 0.1) is 23.4 Å². The number of aryl methyl sites for hydroxylation is 1. The van der Waals surface area contributed by atoms with Crippen LogP contribution in [0.1, 0.15) is 23.7 Å². The molecule has 0 saturated carbocycles. The van der Waals surface area contributed by atoms with Gasteiger partial charge in [-0.05, 0) is 31.5 Å². The summed E-state index contributed by atoms with van der Waals surface area (Å²) in [6.07, 6.45) is 0. The van der Waals surface area contributed by atoms with E-state index in [0.29, 0.717) is 17.9 Å². The summed E-state index contributed by atoms with van der Waals surface area (Å²) in [6, 6.07) is 18.5. The fourth-order valence-corrected chi connectivity index (χ4v) is 3.81. The van der Waals surface area contributed by atoms with E-state index in [2.05, 4.69) is 5.10 Å². The van der Waals surface area contributed by atoms with Crippen molar-refractivity contribution < 1.29 is 9.59 Å². The Balaban J connectivity index is 1.84. The van der Waals surface area contributed by atoms with Crippen LogP contribution in [0.2, 0.25) is 0 Å². The number of benzene rings is 2. The highest BCUT2D eigenvalue weighted by molar-refractivity contribution is 6.35.